The van der Waals surface area contributed by atoms with Crippen molar-refractivity contribution in [2.24, 2.45) is 5.92 Å². The van der Waals surface area contributed by atoms with Gasteiger partial charge in [0, 0.05) is 24.3 Å². The lowest BCUT2D eigenvalue weighted by atomic mass is 10.1. The molecule has 1 aromatic rings. The molecule has 1 aliphatic carbocycles. The molecule has 1 fully saturated rings. The molecule has 1 aromatic carbocycles. The number of nitrogens with one attached hydrogen (secondary N) is 2. The lowest BCUT2D eigenvalue weighted by Gasteiger charge is -2.17. The second kappa shape index (κ2) is 4.78. The first kappa shape index (κ1) is 12.0. The van der Waals surface area contributed by atoms with Gasteiger partial charge in [0.15, 0.2) is 0 Å². The van der Waals surface area contributed by atoms with E-state index >= 15 is 0 Å². The molecule has 2 rings (SSSR count). The Kier molecular flexibility index (Phi) is 3.36. The molecule has 17 heavy (non-hydrogen) atoms. The van der Waals surface area contributed by atoms with Gasteiger partial charge in [-0.1, -0.05) is 6.07 Å². The average molecular weight is 232 g/mol. The highest BCUT2D eigenvalue weighted by Gasteiger charge is 2.28. The number of aryl methyl sites for hydroxylation is 1. The van der Waals surface area contributed by atoms with Crippen LogP contribution in [0.5, 0.6) is 0 Å². The molecule has 0 heterocycles. The monoisotopic (exact) mass is 232 g/mol. The number of amides is 1. The fraction of sp³-hybridized carbons (Fsp3) is 0.500. The van der Waals surface area contributed by atoms with Gasteiger partial charge < -0.3 is 10.6 Å². The van der Waals surface area contributed by atoms with Crippen LogP contribution < -0.4 is 10.6 Å². The minimum absolute atomic E-state index is 0.0351. The number of rotatable bonds is 4. The molecule has 1 amide bonds. The molecule has 0 aliphatic heterocycles. The van der Waals surface area contributed by atoms with Crippen molar-refractivity contribution in [2.75, 3.05) is 12.4 Å². The SMILES string of the molecule is CNC(=O)c1ccc(C)c(NC(C)C2CC2)c1. The summed E-state index contributed by atoms with van der Waals surface area (Å²) in [7, 11) is 1.65. The van der Waals surface area contributed by atoms with Crippen molar-refractivity contribution in [1.82, 2.24) is 5.32 Å². The molecule has 0 saturated heterocycles. The van der Waals surface area contributed by atoms with Gasteiger partial charge in [-0.15, -0.1) is 0 Å². The Morgan fingerprint density at radius 3 is 2.71 bits per heavy atom. The standard InChI is InChI=1S/C14H20N2O/c1-9-4-5-12(14(17)15-3)8-13(9)16-10(2)11-6-7-11/h4-5,8,10-11,16H,6-7H2,1-3H3,(H,15,17). The Hall–Kier alpha value is -1.51. The van der Waals surface area contributed by atoms with E-state index < -0.39 is 0 Å². The van der Waals surface area contributed by atoms with Gasteiger partial charge in [-0.3, -0.25) is 4.79 Å². The normalized spacial score (nSPS) is 16.4. The number of hydrogen-bond donors (Lipinski definition) is 2. The van der Waals surface area contributed by atoms with Crippen LogP contribution in [0.3, 0.4) is 0 Å². The first-order valence-electron chi connectivity index (χ1n) is 6.21. The van der Waals surface area contributed by atoms with E-state index in [9.17, 15) is 4.79 Å². The van der Waals surface area contributed by atoms with E-state index in [4.69, 9.17) is 0 Å². The predicted molar refractivity (Wildman–Crippen MR) is 70.4 cm³/mol. The third-order valence-corrected chi connectivity index (χ3v) is 3.44. The van der Waals surface area contributed by atoms with Crippen LogP contribution in [0.1, 0.15) is 35.7 Å². The molecular formula is C14H20N2O. The Balaban J connectivity index is 2.16. The summed E-state index contributed by atoms with van der Waals surface area (Å²) in [5.41, 5.74) is 2.97. The lowest BCUT2D eigenvalue weighted by Crippen LogP contribution is -2.20. The first-order valence-corrected chi connectivity index (χ1v) is 6.21. The summed E-state index contributed by atoms with van der Waals surface area (Å²) in [5, 5.41) is 6.16. The van der Waals surface area contributed by atoms with Gasteiger partial charge in [0.2, 0.25) is 0 Å². The molecule has 1 unspecified atom stereocenters. The molecule has 3 heteroatoms. The number of benzene rings is 1. The zero-order valence-corrected chi connectivity index (χ0v) is 10.7. The van der Waals surface area contributed by atoms with Crippen LogP contribution in [0, 0.1) is 12.8 Å². The topological polar surface area (TPSA) is 41.1 Å². The second-order valence-electron chi connectivity index (χ2n) is 4.88. The summed E-state index contributed by atoms with van der Waals surface area (Å²) in [4.78, 5) is 11.6. The molecule has 2 N–H and O–H groups in total. The molecule has 1 atom stereocenters. The predicted octanol–water partition coefficient (Wildman–Crippen LogP) is 2.57. The van der Waals surface area contributed by atoms with Crippen molar-refractivity contribution in [3.63, 3.8) is 0 Å². The highest BCUT2D eigenvalue weighted by Crippen LogP contribution is 2.34. The van der Waals surface area contributed by atoms with E-state index in [1.807, 2.05) is 18.2 Å². The van der Waals surface area contributed by atoms with E-state index in [1.165, 1.54) is 18.4 Å². The molecule has 0 spiro atoms. The quantitative estimate of drug-likeness (QED) is 0.837. The zero-order chi connectivity index (χ0) is 12.4. The molecule has 92 valence electrons. The van der Waals surface area contributed by atoms with Crippen molar-refractivity contribution >= 4 is 11.6 Å². The molecule has 0 aromatic heterocycles. The van der Waals surface area contributed by atoms with Gasteiger partial charge in [-0.2, -0.15) is 0 Å². The molecular weight excluding hydrogens is 212 g/mol. The number of carbonyl (C=O) groups is 1. The summed E-state index contributed by atoms with van der Waals surface area (Å²) in [6, 6.07) is 6.29. The van der Waals surface area contributed by atoms with Crippen LogP contribution in [0.15, 0.2) is 18.2 Å². The number of carbonyl (C=O) groups excluding carboxylic acids is 1. The molecule has 0 bridgehead atoms. The van der Waals surface area contributed by atoms with E-state index in [1.54, 1.807) is 7.05 Å². The fourth-order valence-electron chi connectivity index (χ4n) is 2.02. The first-order chi connectivity index (χ1) is 8.11. The average Bonchev–Trinajstić information content (AvgIpc) is 3.14. The van der Waals surface area contributed by atoms with Gasteiger partial charge >= 0.3 is 0 Å². The van der Waals surface area contributed by atoms with Gasteiger partial charge in [0.1, 0.15) is 0 Å². The molecule has 1 saturated carbocycles. The molecule has 3 nitrogen and oxygen atoms in total. The van der Waals surface area contributed by atoms with Crippen molar-refractivity contribution in [2.45, 2.75) is 32.7 Å². The van der Waals surface area contributed by atoms with Crippen LogP contribution in [0.25, 0.3) is 0 Å². The second-order valence-corrected chi connectivity index (χ2v) is 4.88. The summed E-state index contributed by atoms with van der Waals surface area (Å²) in [6.07, 6.45) is 2.64. The van der Waals surface area contributed by atoms with Crippen molar-refractivity contribution < 1.29 is 4.79 Å². The van der Waals surface area contributed by atoms with E-state index in [0.29, 0.717) is 11.6 Å². The summed E-state index contributed by atoms with van der Waals surface area (Å²) in [6.45, 7) is 4.28. The van der Waals surface area contributed by atoms with E-state index in [-0.39, 0.29) is 5.91 Å². The lowest BCUT2D eigenvalue weighted by molar-refractivity contribution is 0.0963. The van der Waals surface area contributed by atoms with Crippen LogP contribution >= 0.6 is 0 Å². The Morgan fingerprint density at radius 1 is 1.41 bits per heavy atom. The van der Waals surface area contributed by atoms with Crippen molar-refractivity contribution in [3.05, 3.63) is 29.3 Å². The Labute approximate surface area is 103 Å². The zero-order valence-electron chi connectivity index (χ0n) is 10.7. The summed E-state index contributed by atoms with van der Waals surface area (Å²) >= 11 is 0. The summed E-state index contributed by atoms with van der Waals surface area (Å²) in [5.74, 6) is 0.769. The number of hydrogen-bond acceptors (Lipinski definition) is 2. The highest BCUT2D eigenvalue weighted by atomic mass is 16.1. The van der Waals surface area contributed by atoms with Gasteiger partial charge in [-0.05, 0) is 50.3 Å². The van der Waals surface area contributed by atoms with Crippen LogP contribution in [-0.4, -0.2) is 19.0 Å². The summed E-state index contributed by atoms with van der Waals surface area (Å²) < 4.78 is 0. The number of anilines is 1. The Morgan fingerprint density at radius 2 is 2.12 bits per heavy atom. The minimum Gasteiger partial charge on any atom is -0.382 e. The van der Waals surface area contributed by atoms with Gasteiger partial charge in [-0.25, -0.2) is 0 Å². The molecule has 0 radical (unpaired) electrons. The smallest absolute Gasteiger partial charge is 0.251 e. The minimum atomic E-state index is -0.0351. The Bertz CT molecular complexity index is 424. The van der Waals surface area contributed by atoms with Crippen molar-refractivity contribution in [1.29, 1.82) is 0 Å². The maximum absolute atomic E-state index is 11.6. The van der Waals surface area contributed by atoms with Crippen LogP contribution in [0.4, 0.5) is 5.69 Å². The highest BCUT2D eigenvalue weighted by molar-refractivity contribution is 5.95. The largest absolute Gasteiger partial charge is 0.382 e. The molecule has 1 aliphatic rings. The van der Waals surface area contributed by atoms with Crippen LogP contribution in [-0.2, 0) is 0 Å². The van der Waals surface area contributed by atoms with Gasteiger partial charge in [0.05, 0.1) is 0 Å². The maximum Gasteiger partial charge on any atom is 0.251 e. The van der Waals surface area contributed by atoms with Crippen LogP contribution in [0.2, 0.25) is 0 Å². The van der Waals surface area contributed by atoms with E-state index in [2.05, 4.69) is 24.5 Å². The van der Waals surface area contributed by atoms with Gasteiger partial charge in [0.25, 0.3) is 5.91 Å². The third-order valence-electron chi connectivity index (χ3n) is 3.44. The fourth-order valence-corrected chi connectivity index (χ4v) is 2.02. The van der Waals surface area contributed by atoms with E-state index in [0.717, 1.165) is 11.6 Å². The van der Waals surface area contributed by atoms with Crippen molar-refractivity contribution in [3.8, 4) is 0 Å². The maximum atomic E-state index is 11.6. The third kappa shape index (κ3) is 2.78.